The van der Waals surface area contributed by atoms with Crippen LogP contribution < -0.4 is 0 Å². The molecule has 0 N–H and O–H groups in total. The Balaban J connectivity index is 1.37. The van der Waals surface area contributed by atoms with E-state index in [1.54, 1.807) is 6.20 Å². The van der Waals surface area contributed by atoms with Crippen molar-refractivity contribution in [3.8, 4) is 0 Å². The molecule has 4 rings (SSSR count). The largest absolute Gasteiger partial charge is 0.325 e. The smallest absolute Gasteiger partial charge is 0.319 e. The van der Waals surface area contributed by atoms with Gasteiger partial charge in [0.15, 0.2) is 5.82 Å². The number of nitrogens with zero attached hydrogens (tertiary/aromatic N) is 7. The van der Waals surface area contributed by atoms with E-state index in [0.29, 0.717) is 12.5 Å². The van der Waals surface area contributed by atoms with Gasteiger partial charge in [-0.05, 0) is 31.7 Å². The second kappa shape index (κ2) is 6.85. The SMILES string of the molecule is Cn1c(Cn2cccn2)nnc1C1CCN(C(=O)N2CCCC2)CC1. The Morgan fingerprint density at radius 1 is 1.12 bits per heavy atom. The lowest BCUT2D eigenvalue weighted by Crippen LogP contribution is -2.45. The number of piperidine rings is 1. The maximum atomic E-state index is 12.5. The highest BCUT2D eigenvalue weighted by molar-refractivity contribution is 5.74. The molecule has 2 saturated heterocycles. The van der Waals surface area contributed by atoms with E-state index in [1.807, 2.05) is 33.8 Å². The van der Waals surface area contributed by atoms with Gasteiger partial charge in [0.1, 0.15) is 12.4 Å². The average molecular weight is 343 g/mol. The Hall–Kier alpha value is -2.38. The normalized spacial score (nSPS) is 18.9. The van der Waals surface area contributed by atoms with Crippen LogP contribution in [0.3, 0.4) is 0 Å². The Kier molecular flexibility index (Phi) is 4.42. The number of likely N-dealkylation sites (tertiary alicyclic amines) is 2. The number of hydrogen-bond donors (Lipinski definition) is 0. The van der Waals surface area contributed by atoms with Crippen molar-refractivity contribution in [2.24, 2.45) is 7.05 Å². The molecule has 0 aromatic carbocycles. The van der Waals surface area contributed by atoms with Crippen LogP contribution in [-0.2, 0) is 13.6 Å². The van der Waals surface area contributed by atoms with Crippen molar-refractivity contribution >= 4 is 6.03 Å². The van der Waals surface area contributed by atoms with Crippen molar-refractivity contribution < 1.29 is 4.79 Å². The molecule has 2 fully saturated rings. The minimum atomic E-state index is 0.216. The van der Waals surface area contributed by atoms with E-state index >= 15 is 0 Å². The van der Waals surface area contributed by atoms with E-state index in [2.05, 4.69) is 19.9 Å². The van der Waals surface area contributed by atoms with Crippen molar-refractivity contribution in [3.63, 3.8) is 0 Å². The summed E-state index contributed by atoms with van der Waals surface area (Å²) in [6.45, 7) is 4.07. The number of urea groups is 1. The molecule has 0 radical (unpaired) electrons. The molecule has 2 aliphatic rings. The molecule has 25 heavy (non-hydrogen) atoms. The molecule has 2 aromatic rings. The fraction of sp³-hybridized carbons (Fsp3) is 0.647. The third-order valence-corrected chi connectivity index (χ3v) is 5.37. The van der Waals surface area contributed by atoms with Gasteiger partial charge >= 0.3 is 6.03 Å². The number of aromatic nitrogens is 5. The first-order valence-electron chi connectivity index (χ1n) is 9.12. The van der Waals surface area contributed by atoms with Gasteiger partial charge in [0.25, 0.3) is 0 Å². The molecule has 0 atom stereocenters. The van der Waals surface area contributed by atoms with Crippen molar-refractivity contribution in [1.82, 2.24) is 34.3 Å². The Bertz CT molecular complexity index is 709. The molecule has 134 valence electrons. The quantitative estimate of drug-likeness (QED) is 0.846. The van der Waals surface area contributed by atoms with E-state index in [-0.39, 0.29) is 6.03 Å². The second-order valence-corrected chi connectivity index (χ2v) is 6.98. The van der Waals surface area contributed by atoms with Crippen molar-refractivity contribution in [3.05, 3.63) is 30.1 Å². The topological polar surface area (TPSA) is 72.1 Å². The zero-order valence-corrected chi connectivity index (χ0v) is 14.7. The monoisotopic (exact) mass is 343 g/mol. The molecule has 2 amide bonds. The van der Waals surface area contributed by atoms with Gasteiger partial charge in [0, 0.05) is 51.5 Å². The maximum Gasteiger partial charge on any atom is 0.319 e. The fourth-order valence-electron chi connectivity index (χ4n) is 3.84. The summed E-state index contributed by atoms with van der Waals surface area (Å²) in [6, 6.07) is 2.12. The van der Waals surface area contributed by atoms with E-state index in [1.165, 1.54) is 0 Å². The molecule has 4 heterocycles. The third-order valence-electron chi connectivity index (χ3n) is 5.37. The molecule has 8 heteroatoms. The molecule has 0 spiro atoms. The summed E-state index contributed by atoms with van der Waals surface area (Å²) in [5, 5.41) is 13.0. The van der Waals surface area contributed by atoms with E-state index in [0.717, 1.165) is 63.5 Å². The Morgan fingerprint density at radius 3 is 2.52 bits per heavy atom. The van der Waals surface area contributed by atoms with Crippen LogP contribution in [0.2, 0.25) is 0 Å². The lowest BCUT2D eigenvalue weighted by molar-refractivity contribution is 0.147. The first kappa shape index (κ1) is 16.1. The highest BCUT2D eigenvalue weighted by atomic mass is 16.2. The van der Waals surface area contributed by atoms with Crippen LogP contribution in [0.5, 0.6) is 0 Å². The number of rotatable bonds is 3. The molecule has 0 unspecified atom stereocenters. The minimum Gasteiger partial charge on any atom is -0.325 e. The first-order chi connectivity index (χ1) is 12.2. The molecule has 2 aromatic heterocycles. The summed E-state index contributed by atoms with van der Waals surface area (Å²) in [5.41, 5.74) is 0. The van der Waals surface area contributed by atoms with Crippen LogP contribution in [-0.4, -0.2) is 66.6 Å². The van der Waals surface area contributed by atoms with Gasteiger partial charge < -0.3 is 14.4 Å². The molecule has 0 bridgehead atoms. The number of hydrogen-bond acceptors (Lipinski definition) is 4. The summed E-state index contributed by atoms with van der Waals surface area (Å²) in [4.78, 5) is 16.5. The van der Waals surface area contributed by atoms with Gasteiger partial charge in [0.05, 0.1) is 0 Å². The van der Waals surface area contributed by atoms with E-state index in [4.69, 9.17) is 0 Å². The minimum absolute atomic E-state index is 0.216. The lowest BCUT2D eigenvalue weighted by atomic mass is 9.96. The third kappa shape index (κ3) is 3.25. The Labute approximate surface area is 147 Å². The van der Waals surface area contributed by atoms with Crippen LogP contribution in [0.25, 0.3) is 0 Å². The van der Waals surface area contributed by atoms with Crippen LogP contribution in [0.4, 0.5) is 4.79 Å². The zero-order chi connectivity index (χ0) is 17.2. The molecule has 8 nitrogen and oxygen atoms in total. The van der Waals surface area contributed by atoms with Gasteiger partial charge in [-0.15, -0.1) is 10.2 Å². The highest BCUT2D eigenvalue weighted by Crippen LogP contribution is 2.27. The van der Waals surface area contributed by atoms with Crippen LogP contribution in [0, 0.1) is 0 Å². The van der Waals surface area contributed by atoms with Crippen molar-refractivity contribution in [1.29, 1.82) is 0 Å². The van der Waals surface area contributed by atoms with Crippen molar-refractivity contribution in [2.45, 2.75) is 38.1 Å². The van der Waals surface area contributed by atoms with Gasteiger partial charge in [-0.3, -0.25) is 4.68 Å². The standard InChI is InChI=1S/C17H25N7O/c1-21-15(13-24-10-4-7-18-24)19-20-16(21)14-5-11-23(12-6-14)17(25)22-8-2-3-9-22/h4,7,10,14H,2-3,5-6,8-9,11-13H2,1H3. The second-order valence-electron chi connectivity index (χ2n) is 6.98. The number of carbonyl (C=O) groups is 1. The van der Waals surface area contributed by atoms with E-state index in [9.17, 15) is 4.79 Å². The average Bonchev–Trinajstić information content (AvgIpc) is 3.39. The number of carbonyl (C=O) groups excluding carboxylic acids is 1. The van der Waals surface area contributed by atoms with Gasteiger partial charge in [-0.2, -0.15) is 5.10 Å². The lowest BCUT2D eigenvalue weighted by Gasteiger charge is -2.34. The summed E-state index contributed by atoms with van der Waals surface area (Å²) >= 11 is 0. The molecule has 2 aliphatic heterocycles. The zero-order valence-electron chi connectivity index (χ0n) is 14.7. The molecule has 0 saturated carbocycles. The van der Waals surface area contributed by atoms with E-state index < -0.39 is 0 Å². The van der Waals surface area contributed by atoms with Crippen molar-refractivity contribution in [2.75, 3.05) is 26.2 Å². The maximum absolute atomic E-state index is 12.5. The van der Waals surface area contributed by atoms with Crippen LogP contribution in [0.15, 0.2) is 18.5 Å². The fourth-order valence-corrected chi connectivity index (χ4v) is 3.84. The van der Waals surface area contributed by atoms with Crippen LogP contribution in [0.1, 0.15) is 43.3 Å². The Morgan fingerprint density at radius 2 is 1.84 bits per heavy atom. The van der Waals surface area contributed by atoms with Gasteiger partial charge in [0.2, 0.25) is 0 Å². The molecule has 0 aliphatic carbocycles. The highest BCUT2D eigenvalue weighted by Gasteiger charge is 2.30. The first-order valence-corrected chi connectivity index (χ1v) is 9.12. The molecular formula is C17H25N7O. The summed E-state index contributed by atoms with van der Waals surface area (Å²) in [5.74, 6) is 2.30. The van der Waals surface area contributed by atoms with Gasteiger partial charge in [-0.1, -0.05) is 0 Å². The summed E-state index contributed by atoms with van der Waals surface area (Å²) < 4.78 is 3.94. The predicted octanol–water partition coefficient (Wildman–Crippen LogP) is 1.46. The van der Waals surface area contributed by atoms with Gasteiger partial charge in [-0.25, -0.2) is 4.79 Å². The number of amides is 2. The van der Waals surface area contributed by atoms with Crippen LogP contribution >= 0.6 is 0 Å². The summed E-state index contributed by atoms with van der Waals surface area (Å²) in [7, 11) is 2.02. The predicted molar refractivity (Wildman–Crippen MR) is 92.1 cm³/mol. The summed E-state index contributed by atoms with van der Waals surface area (Å²) in [6.07, 6.45) is 7.88. The molecular weight excluding hydrogens is 318 g/mol.